The van der Waals surface area contributed by atoms with E-state index in [1.165, 1.54) is 19.2 Å². The number of benzene rings is 2. The van der Waals surface area contributed by atoms with Crippen LogP contribution < -0.4 is 10.0 Å². The molecule has 122 valence electrons. The quantitative estimate of drug-likeness (QED) is 0.669. The first-order valence-corrected chi connectivity index (χ1v) is 9.52. The average molecular weight is 444 g/mol. The van der Waals surface area contributed by atoms with Gasteiger partial charge in [0, 0.05) is 10.6 Å². The van der Waals surface area contributed by atoms with Crippen LogP contribution in [0, 0.1) is 3.57 Å². The van der Waals surface area contributed by atoms with E-state index in [0.29, 0.717) is 0 Å². The van der Waals surface area contributed by atoms with Gasteiger partial charge in [0.2, 0.25) is 15.9 Å². The van der Waals surface area contributed by atoms with E-state index in [2.05, 4.69) is 32.6 Å². The van der Waals surface area contributed by atoms with Crippen molar-refractivity contribution in [3.05, 3.63) is 63.7 Å². The zero-order valence-corrected chi connectivity index (χ0v) is 15.5. The molecule has 2 aromatic rings. The van der Waals surface area contributed by atoms with Crippen LogP contribution in [0.1, 0.15) is 5.56 Å². The zero-order chi connectivity index (χ0) is 16.9. The highest BCUT2D eigenvalue weighted by molar-refractivity contribution is 14.1. The van der Waals surface area contributed by atoms with Crippen LogP contribution in [0.25, 0.3) is 0 Å². The summed E-state index contributed by atoms with van der Waals surface area (Å²) in [6, 6.07) is 14.9. The molecule has 0 heterocycles. The topological polar surface area (TPSA) is 75.3 Å². The number of likely N-dealkylation sites (N-methyl/N-ethyl adjacent to an activating group) is 1. The maximum atomic E-state index is 12.5. The number of hydrogen-bond donors (Lipinski definition) is 2. The minimum Gasteiger partial charge on any atom is -0.358 e. The summed E-state index contributed by atoms with van der Waals surface area (Å²) in [5.74, 6) is -0.372. The zero-order valence-electron chi connectivity index (χ0n) is 12.5. The van der Waals surface area contributed by atoms with E-state index < -0.39 is 16.1 Å². The number of halogens is 1. The van der Waals surface area contributed by atoms with Gasteiger partial charge in [-0.3, -0.25) is 4.79 Å². The lowest BCUT2D eigenvalue weighted by molar-refractivity contribution is -0.122. The van der Waals surface area contributed by atoms with E-state index >= 15 is 0 Å². The summed E-state index contributed by atoms with van der Waals surface area (Å²) in [7, 11) is -2.28. The van der Waals surface area contributed by atoms with Crippen molar-refractivity contribution in [2.24, 2.45) is 0 Å². The van der Waals surface area contributed by atoms with Crippen LogP contribution in [0.3, 0.4) is 0 Å². The molecule has 0 aliphatic heterocycles. The summed E-state index contributed by atoms with van der Waals surface area (Å²) in [5.41, 5.74) is 0.881. The van der Waals surface area contributed by atoms with Crippen molar-refractivity contribution in [2.75, 3.05) is 7.05 Å². The van der Waals surface area contributed by atoms with Gasteiger partial charge >= 0.3 is 0 Å². The van der Waals surface area contributed by atoms with Crippen LogP contribution in [0.5, 0.6) is 0 Å². The Balaban J connectivity index is 2.23. The Labute approximate surface area is 149 Å². The number of carbonyl (C=O) groups excluding carboxylic acids is 1. The van der Waals surface area contributed by atoms with Crippen molar-refractivity contribution in [3.8, 4) is 0 Å². The fourth-order valence-corrected chi connectivity index (χ4v) is 3.64. The maximum absolute atomic E-state index is 12.5. The Morgan fingerprint density at radius 3 is 2.26 bits per heavy atom. The highest BCUT2D eigenvalue weighted by Gasteiger charge is 2.25. The molecule has 2 rings (SSSR count). The van der Waals surface area contributed by atoms with E-state index in [0.717, 1.165) is 9.13 Å². The third-order valence-corrected chi connectivity index (χ3v) is 5.47. The number of nitrogens with one attached hydrogen (secondary N) is 2. The number of sulfonamides is 1. The van der Waals surface area contributed by atoms with Gasteiger partial charge in [0.25, 0.3) is 0 Å². The summed E-state index contributed by atoms with van der Waals surface area (Å²) < 4.78 is 28.4. The van der Waals surface area contributed by atoms with Crippen LogP contribution in [0.2, 0.25) is 0 Å². The van der Waals surface area contributed by atoms with Crippen molar-refractivity contribution < 1.29 is 13.2 Å². The number of carbonyl (C=O) groups is 1. The summed E-state index contributed by atoms with van der Waals surface area (Å²) in [6.07, 6.45) is 0.282. The first-order valence-electron chi connectivity index (χ1n) is 6.96. The largest absolute Gasteiger partial charge is 0.358 e. The fourth-order valence-electron chi connectivity index (χ4n) is 2.08. The molecule has 2 N–H and O–H groups in total. The van der Waals surface area contributed by atoms with Crippen LogP contribution in [-0.4, -0.2) is 27.4 Å². The predicted molar refractivity (Wildman–Crippen MR) is 97.5 cm³/mol. The van der Waals surface area contributed by atoms with E-state index in [4.69, 9.17) is 0 Å². The molecular weight excluding hydrogens is 427 g/mol. The molecule has 2 aromatic carbocycles. The van der Waals surface area contributed by atoms with E-state index in [9.17, 15) is 13.2 Å². The molecule has 0 bridgehead atoms. The van der Waals surface area contributed by atoms with Crippen LogP contribution in [-0.2, 0) is 21.2 Å². The Kier molecular flexibility index (Phi) is 6.14. The predicted octanol–water partition coefficient (Wildman–Crippen LogP) is 1.93. The molecule has 5 nitrogen and oxygen atoms in total. The van der Waals surface area contributed by atoms with Gasteiger partial charge in [-0.25, -0.2) is 8.42 Å². The molecule has 0 aliphatic carbocycles. The van der Waals surface area contributed by atoms with Gasteiger partial charge in [-0.15, -0.1) is 0 Å². The number of rotatable bonds is 6. The normalized spacial score (nSPS) is 12.6. The van der Waals surface area contributed by atoms with Crippen molar-refractivity contribution in [3.63, 3.8) is 0 Å². The SMILES string of the molecule is CNC(=O)[C@H](Cc1ccccc1)NS(=O)(=O)c1ccc(I)cc1. The van der Waals surface area contributed by atoms with E-state index in [1.54, 1.807) is 12.1 Å². The summed E-state index contributed by atoms with van der Waals surface area (Å²) in [5, 5.41) is 2.50. The van der Waals surface area contributed by atoms with Gasteiger partial charge in [0.05, 0.1) is 4.90 Å². The monoisotopic (exact) mass is 444 g/mol. The van der Waals surface area contributed by atoms with E-state index in [1.807, 2.05) is 30.3 Å². The Morgan fingerprint density at radius 1 is 1.09 bits per heavy atom. The minimum absolute atomic E-state index is 0.139. The lowest BCUT2D eigenvalue weighted by atomic mass is 10.1. The first-order chi connectivity index (χ1) is 10.9. The third kappa shape index (κ3) is 5.02. The van der Waals surface area contributed by atoms with Gasteiger partial charge in [-0.2, -0.15) is 4.72 Å². The summed E-state index contributed by atoms with van der Waals surface area (Å²) in [6.45, 7) is 0. The van der Waals surface area contributed by atoms with E-state index in [-0.39, 0.29) is 17.2 Å². The van der Waals surface area contributed by atoms with Crippen molar-refractivity contribution in [1.82, 2.24) is 10.0 Å². The maximum Gasteiger partial charge on any atom is 0.241 e. The molecule has 0 aromatic heterocycles. The van der Waals surface area contributed by atoms with Crippen molar-refractivity contribution in [1.29, 1.82) is 0 Å². The minimum atomic E-state index is -3.77. The lowest BCUT2D eigenvalue weighted by Gasteiger charge is -2.17. The molecule has 0 saturated carbocycles. The number of hydrogen-bond acceptors (Lipinski definition) is 3. The smallest absolute Gasteiger partial charge is 0.241 e. The van der Waals surface area contributed by atoms with Crippen molar-refractivity contribution >= 4 is 38.5 Å². The van der Waals surface area contributed by atoms with Gasteiger partial charge < -0.3 is 5.32 Å². The molecule has 0 unspecified atom stereocenters. The Bertz CT molecular complexity index is 762. The standard InChI is InChI=1S/C16H17IN2O3S/c1-18-16(20)15(11-12-5-3-2-4-6-12)19-23(21,22)14-9-7-13(17)8-10-14/h2-10,15,19H,11H2,1H3,(H,18,20)/t15-/m0/s1. The fraction of sp³-hybridized carbons (Fsp3) is 0.188. The average Bonchev–Trinajstić information content (AvgIpc) is 2.54. The highest BCUT2D eigenvalue weighted by Crippen LogP contribution is 2.13. The van der Waals surface area contributed by atoms with Gasteiger partial charge in [0.15, 0.2) is 0 Å². The second-order valence-corrected chi connectivity index (χ2v) is 7.89. The summed E-state index contributed by atoms with van der Waals surface area (Å²) >= 11 is 2.10. The van der Waals surface area contributed by atoms with Crippen LogP contribution in [0.4, 0.5) is 0 Å². The van der Waals surface area contributed by atoms with Crippen molar-refractivity contribution in [2.45, 2.75) is 17.4 Å². The highest BCUT2D eigenvalue weighted by atomic mass is 127. The summed E-state index contributed by atoms with van der Waals surface area (Å²) in [4.78, 5) is 12.2. The molecule has 0 spiro atoms. The van der Waals surface area contributed by atoms with Gasteiger partial charge in [0.1, 0.15) is 6.04 Å². The molecule has 0 saturated heterocycles. The van der Waals surface area contributed by atoms with Crippen LogP contribution in [0.15, 0.2) is 59.5 Å². The molecule has 0 fully saturated rings. The molecule has 7 heteroatoms. The Morgan fingerprint density at radius 2 is 1.70 bits per heavy atom. The molecule has 1 amide bonds. The lowest BCUT2D eigenvalue weighted by Crippen LogP contribution is -2.46. The first kappa shape index (κ1) is 17.9. The number of amides is 1. The molecular formula is C16H17IN2O3S. The molecule has 1 atom stereocenters. The molecule has 23 heavy (non-hydrogen) atoms. The van der Waals surface area contributed by atoms with Crippen LogP contribution >= 0.6 is 22.6 Å². The van der Waals surface area contributed by atoms with Gasteiger partial charge in [-0.1, -0.05) is 30.3 Å². The molecule has 0 radical (unpaired) electrons. The third-order valence-electron chi connectivity index (χ3n) is 3.27. The van der Waals surface area contributed by atoms with Gasteiger partial charge in [-0.05, 0) is 58.8 Å². The second kappa shape index (κ2) is 7.89. The molecule has 0 aliphatic rings. The second-order valence-electron chi connectivity index (χ2n) is 4.93. The Hall–Kier alpha value is -1.45.